The summed E-state index contributed by atoms with van der Waals surface area (Å²) in [5, 5.41) is 0.553. The highest BCUT2D eigenvalue weighted by Crippen LogP contribution is 2.32. The number of amides is 2. The molecule has 2 amide bonds. The van der Waals surface area contributed by atoms with Crippen LogP contribution in [0.5, 0.6) is 0 Å². The molecule has 0 aromatic heterocycles. The van der Waals surface area contributed by atoms with Crippen LogP contribution in [0.3, 0.4) is 0 Å². The molecule has 2 aliphatic rings. The quantitative estimate of drug-likeness (QED) is 0.886. The van der Waals surface area contributed by atoms with Gasteiger partial charge in [-0.1, -0.05) is 23.7 Å². The van der Waals surface area contributed by atoms with Crippen molar-refractivity contribution in [3.63, 3.8) is 0 Å². The number of halogens is 2. The molecule has 5 nitrogen and oxygen atoms in total. The second kappa shape index (κ2) is 7.72. The Morgan fingerprint density at radius 2 is 2.00 bits per heavy atom. The topological polar surface area (TPSA) is 66.6 Å². The lowest BCUT2D eigenvalue weighted by Gasteiger charge is -2.26. The Labute approximate surface area is 153 Å². The predicted octanol–water partition coefficient (Wildman–Crippen LogP) is 2.45. The second-order valence-corrected chi connectivity index (χ2v) is 6.87. The van der Waals surface area contributed by atoms with E-state index >= 15 is 0 Å². The number of nitrogens with two attached hydrogens (primary N) is 1. The van der Waals surface area contributed by atoms with E-state index in [1.54, 1.807) is 22.9 Å². The number of anilines is 1. The number of rotatable bonds is 3. The van der Waals surface area contributed by atoms with Crippen LogP contribution in [-0.4, -0.2) is 42.4 Å². The lowest BCUT2D eigenvalue weighted by Crippen LogP contribution is -2.45. The number of carbonyl (C=O) groups is 2. The third-order valence-electron chi connectivity index (χ3n) is 4.96. The van der Waals surface area contributed by atoms with Gasteiger partial charge < -0.3 is 15.5 Å². The Bertz CT molecular complexity index is 626. The number of carbonyl (C=O) groups excluding carboxylic acids is 2. The van der Waals surface area contributed by atoms with Crippen LogP contribution in [0, 0.1) is 5.92 Å². The summed E-state index contributed by atoms with van der Waals surface area (Å²) in [6.45, 7) is 0.578. The minimum atomic E-state index is -0.407. The van der Waals surface area contributed by atoms with E-state index in [4.69, 9.17) is 17.3 Å². The summed E-state index contributed by atoms with van der Waals surface area (Å²) in [6, 6.07) is 7.00. The van der Waals surface area contributed by atoms with E-state index in [1.807, 2.05) is 18.2 Å². The van der Waals surface area contributed by atoms with Crippen molar-refractivity contribution in [2.75, 3.05) is 18.5 Å². The highest BCUT2D eigenvalue weighted by Gasteiger charge is 2.40. The van der Waals surface area contributed by atoms with E-state index in [0.29, 0.717) is 23.7 Å². The Balaban J connectivity index is 0.00000208. The molecule has 0 spiro atoms. The molecular formula is C17H23Cl2N3O2. The first-order valence-electron chi connectivity index (χ1n) is 8.07. The number of hydrogen-bond acceptors (Lipinski definition) is 3. The molecule has 1 saturated carbocycles. The van der Waals surface area contributed by atoms with Gasteiger partial charge in [0.15, 0.2) is 0 Å². The molecule has 24 heavy (non-hydrogen) atoms. The van der Waals surface area contributed by atoms with Gasteiger partial charge in [-0.05, 0) is 37.8 Å². The molecule has 1 aliphatic carbocycles. The summed E-state index contributed by atoms with van der Waals surface area (Å²) in [7, 11) is 1.73. The lowest BCUT2D eigenvalue weighted by molar-refractivity contribution is -0.140. The van der Waals surface area contributed by atoms with Crippen molar-refractivity contribution in [3.8, 4) is 0 Å². The fourth-order valence-electron chi connectivity index (χ4n) is 3.62. The molecule has 0 bridgehead atoms. The van der Waals surface area contributed by atoms with Gasteiger partial charge >= 0.3 is 0 Å². The van der Waals surface area contributed by atoms with Crippen LogP contribution < -0.4 is 10.6 Å². The molecule has 132 valence electrons. The molecular weight excluding hydrogens is 349 g/mol. The number of hydrogen-bond donors (Lipinski definition) is 1. The van der Waals surface area contributed by atoms with Crippen molar-refractivity contribution in [1.82, 2.24) is 4.90 Å². The second-order valence-electron chi connectivity index (χ2n) is 6.46. The number of para-hydroxylation sites is 1. The van der Waals surface area contributed by atoms with E-state index < -0.39 is 6.04 Å². The van der Waals surface area contributed by atoms with Crippen molar-refractivity contribution in [2.24, 2.45) is 11.7 Å². The van der Waals surface area contributed by atoms with Crippen molar-refractivity contribution in [1.29, 1.82) is 0 Å². The maximum absolute atomic E-state index is 12.7. The van der Waals surface area contributed by atoms with E-state index in [9.17, 15) is 9.59 Å². The predicted molar refractivity (Wildman–Crippen MR) is 97.5 cm³/mol. The highest BCUT2D eigenvalue weighted by atomic mass is 35.5. The molecule has 7 heteroatoms. The van der Waals surface area contributed by atoms with Gasteiger partial charge in [-0.25, -0.2) is 0 Å². The average Bonchev–Trinajstić information content (AvgIpc) is 3.13. The Hall–Kier alpha value is -1.30. The van der Waals surface area contributed by atoms with Crippen molar-refractivity contribution < 1.29 is 9.59 Å². The number of nitrogens with zero attached hydrogens (tertiary/aromatic N) is 2. The summed E-state index contributed by atoms with van der Waals surface area (Å²) in [5.74, 6) is -0.0642. The van der Waals surface area contributed by atoms with Crippen molar-refractivity contribution in [3.05, 3.63) is 29.3 Å². The minimum Gasteiger partial charge on any atom is -0.333 e. The third-order valence-corrected chi connectivity index (χ3v) is 5.28. The summed E-state index contributed by atoms with van der Waals surface area (Å²) in [4.78, 5) is 28.6. The van der Waals surface area contributed by atoms with Gasteiger partial charge in [0, 0.05) is 25.6 Å². The Morgan fingerprint density at radius 1 is 1.29 bits per heavy atom. The third kappa shape index (κ3) is 3.53. The van der Waals surface area contributed by atoms with Crippen molar-refractivity contribution >= 4 is 41.5 Å². The zero-order valence-electron chi connectivity index (χ0n) is 13.7. The number of benzene rings is 1. The SMILES string of the molecule is CN(C(=O)C1CCC(N)C1)C1CCN(c2ccccc2Cl)C1=O.Cl. The maximum atomic E-state index is 12.7. The number of likely N-dealkylation sites (N-methyl/N-ethyl adjacent to an activating group) is 1. The highest BCUT2D eigenvalue weighted by molar-refractivity contribution is 6.34. The fourth-order valence-corrected chi connectivity index (χ4v) is 3.85. The lowest BCUT2D eigenvalue weighted by atomic mass is 10.0. The summed E-state index contributed by atoms with van der Waals surface area (Å²) >= 11 is 6.19. The molecule has 1 aromatic rings. The van der Waals surface area contributed by atoms with Crippen LogP contribution in [0.25, 0.3) is 0 Å². The molecule has 3 unspecified atom stereocenters. The van der Waals surface area contributed by atoms with Crippen LogP contribution in [0.4, 0.5) is 5.69 Å². The van der Waals surface area contributed by atoms with Gasteiger partial charge in [0.05, 0.1) is 10.7 Å². The summed E-state index contributed by atoms with van der Waals surface area (Å²) in [6.07, 6.45) is 3.05. The van der Waals surface area contributed by atoms with Crippen LogP contribution in [0.1, 0.15) is 25.7 Å². The zero-order valence-corrected chi connectivity index (χ0v) is 15.2. The van der Waals surface area contributed by atoms with Crippen LogP contribution in [-0.2, 0) is 9.59 Å². The molecule has 1 heterocycles. The minimum absolute atomic E-state index is 0. The van der Waals surface area contributed by atoms with Crippen LogP contribution >= 0.6 is 24.0 Å². The molecule has 3 rings (SSSR count). The Kier molecular flexibility index (Phi) is 6.12. The summed E-state index contributed by atoms with van der Waals surface area (Å²) < 4.78 is 0. The molecule has 1 aromatic carbocycles. The first kappa shape index (κ1) is 19.0. The van der Waals surface area contributed by atoms with Crippen molar-refractivity contribution in [2.45, 2.75) is 37.8 Å². The standard InChI is InChI=1S/C17H22ClN3O2.ClH/c1-20(16(22)11-6-7-12(19)10-11)15-8-9-21(17(15)23)14-5-3-2-4-13(14)18;/h2-5,11-12,15H,6-10,19H2,1H3;1H. The van der Waals surface area contributed by atoms with Gasteiger partial charge in [-0.3, -0.25) is 9.59 Å². The van der Waals surface area contributed by atoms with Gasteiger partial charge in [0.25, 0.3) is 0 Å². The molecule has 0 radical (unpaired) electrons. The zero-order chi connectivity index (χ0) is 16.6. The smallest absolute Gasteiger partial charge is 0.249 e. The van der Waals surface area contributed by atoms with Gasteiger partial charge in [0.2, 0.25) is 11.8 Å². The maximum Gasteiger partial charge on any atom is 0.249 e. The van der Waals surface area contributed by atoms with Crippen LogP contribution in [0.15, 0.2) is 24.3 Å². The molecule has 1 saturated heterocycles. The van der Waals surface area contributed by atoms with E-state index in [1.165, 1.54) is 0 Å². The van der Waals surface area contributed by atoms with Gasteiger partial charge in [-0.15, -0.1) is 12.4 Å². The van der Waals surface area contributed by atoms with Crippen LogP contribution in [0.2, 0.25) is 5.02 Å². The molecule has 1 aliphatic heterocycles. The first-order valence-corrected chi connectivity index (χ1v) is 8.45. The van der Waals surface area contributed by atoms with E-state index in [0.717, 1.165) is 19.3 Å². The summed E-state index contributed by atoms with van der Waals surface area (Å²) in [5.41, 5.74) is 6.61. The van der Waals surface area contributed by atoms with Gasteiger partial charge in [0.1, 0.15) is 6.04 Å². The van der Waals surface area contributed by atoms with Gasteiger partial charge in [-0.2, -0.15) is 0 Å². The normalized spacial score (nSPS) is 26.4. The average molecular weight is 372 g/mol. The largest absolute Gasteiger partial charge is 0.333 e. The molecule has 2 fully saturated rings. The molecule has 2 N–H and O–H groups in total. The van der Waals surface area contributed by atoms with E-state index in [-0.39, 0.29) is 36.2 Å². The first-order chi connectivity index (χ1) is 11.0. The Morgan fingerprint density at radius 3 is 2.62 bits per heavy atom. The fraction of sp³-hybridized carbons (Fsp3) is 0.529. The monoisotopic (exact) mass is 371 g/mol. The van der Waals surface area contributed by atoms with E-state index in [2.05, 4.69) is 0 Å². The molecule has 3 atom stereocenters.